The van der Waals surface area contributed by atoms with Crippen molar-refractivity contribution in [3.8, 4) is 5.75 Å². The van der Waals surface area contributed by atoms with E-state index in [1.165, 1.54) is 22.2 Å². The summed E-state index contributed by atoms with van der Waals surface area (Å²) in [5.41, 5.74) is 5.02. The van der Waals surface area contributed by atoms with E-state index in [0.717, 1.165) is 22.3 Å². The van der Waals surface area contributed by atoms with Crippen LogP contribution in [0.4, 0.5) is 0 Å². The van der Waals surface area contributed by atoms with E-state index in [1.54, 1.807) is 0 Å². The minimum Gasteiger partial charge on any atom is -0.484 e. The molecule has 3 amide bonds. The van der Waals surface area contributed by atoms with Crippen molar-refractivity contribution in [2.45, 2.75) is 64.8 Å². The van der Waals surface area contributed by atoms with Crippen molar-refractivity contribution in [2.75, 3.05) is 18.2 Å². The first kappa shape index (κ1) is 32.1. The van der Waals surface area contributed by atoms with Gasteiger partial charge in [-0.1, -0.05) is 80.6 Å². The Morgan fingerprint density at radius 1 is 1.00 bits per heavy atom. The van der Waals surface area contributed by atoms with Crippen molar-refractivity contribution in [3.63, 3.8) is 0 Å². The monoisotopic (exact) mass is 603 g/mol. The fourth-order valence-corrected chi connectivity index (χ4v) is 6.19. The first-order valence-corrected chi connectivity index (χ1v) is 15.7. The molecule has 3 aromatic rings. The lowest BCUT2D eigenvalue weighted by Gasteiger charge is -2.30. The maximum atomic E-state index is 13.6. The van der Waals surface area contributed by atoms with Gasteiger partial charge in [0.25, 0.3) is 11.8 Å². The van der Waals surface area contributed by atoms with Gasteiger partial charge in [-0.05, 0) is 60.1 Å². The fourth-order valence-electron chi connectivity index (χ4n) is 5.02. The molecule has 9 heteroatoms. The second-order valence-corrected chi connectivity index (χ2v) is 12.2. The van der Waals surface area contributed by atoms with Crippen molar-refractivity contribution in [3.05, 3.63) is 101 Å². The molecule has 1 aliphatic rings. The number of benzene rings is 3. The van der Waals surface area contributed by atoms with Gasteiger partial charge < -0.3 is 25.4 Å². The summed E-state index contributed by atoms with van der Waals surface area (Å²) in [6.07, 6.45) is -1.33. The zero-order valence-corrected chi connectivity index (χ0v) is 26.0. The summed E-state index contributed by atoms with van der Waals surface area (Å²) in [6.45, 7) is 8.23. The van der Waals surface area contributed by atoms with E-state index in [4.69, 9.17) is 4.74 Å². The maximum Gasteiger partial charge on any atom is 0.258 e. The van der Waals surface area contributed by atoms with Gasteiger partial charge in [-0.25, -0.2) is 0 Å². The van der Waals surface area contributed by atoms with Crippen LogP contribution in [-0.4, -0.2) is 64.2 Å². The number of rotatable bonds is 12. The molecule has 0 aliphatic carbocycles. The number of aryl methyl sites for hydroxylation is 2. The number of thioether (sulfide) groups is 1. The number of aliphatic hydroxyl groups is 1. The van der Waals surface area contributed by atoms with Crippen LogP contribution in [0.25, 0.3) is 0 Å². The molecule has 1 fully saturated rings. The Bertz CT molecular complexity index is 1410. The Morgan fingerprint density at radius 3 is 2.42 bits per heavy atom. The molecular formula is C34H41N3O5S. The number of nitrogens with one attached hydrogen (secondary N) is 2. The van der Waals surface area contributed by atoms with Crippen molar-refractivity contribution >= 4 is 29.5 Å². The van der Waals surface area contributed by atoms with Crippen molar-refractivity contribution in [1.82, 2.24) is 15.5 Å². The zero-order chi connectivity index (χ0) is 30.9. The average molecular weight is 604 g/mol. The zero-order valence-electron chi connectivity index (χ0n) is 25.2. The number of aliphatic hydroxyl groups excluding tert-OH is 1. The Hall–Kier alpha value is -3.82. The van der Waals surface area contributed by atoms with Gasteiger partial charge in [0.05, 0.1) is 11.9 Å². The molecule has 4 rings (SSSR count). The topological polar surface area (TPSA) is 108 Å². The SMILES string of the molecule is Cc1ccccc1CNC(=O)[C@@H]1CSCN1C(=O)[C@@H](O)[C@H](Cc1ccccc1)NC(=O)COc1ccc(C(C)C)cc1C. The van der Waals surface area contributed by atoms with Gasteiger partial charge in [0.15, 0.2) is 12.7 Å². The predicted octanol–water partition coefficient (Wildman–Crippen LogP) is 4.11. The van der Waals surface area contributed by atoms with Crippen LogP contribution < -0.4 is 15.4 Å². The van der Waals surface area contributed by atoms with Gasteiger partial charge in [-0.2, -0.15) is 0 Å². The van der Waals surface area contributed by atoms with E-state index in [-0.39, 0.29) is 24.8 Å². The summed E-state index contributed by atoms with van der Waals surface area (Å²) >= 11 is 1.45. The molecule has 0 radical (unpaired) electrons. The largest absolute Gasteiger partial charge is 0.484 e. The van der Waals surface area contributed by atoms with Crippen LogP contribution in [0.1, 0.15) is 47.6 Å². The molecule has 1 aliphatic heterocycles. The minimum absolute atomic E-state index is 0.229. The summed E-state index contributed by atoms with van der Waals surface area (Å²) in [6, 6.07) is 21.4. The molecule has 3 atom stereocenters. The molecule has 0 spiro atoms. The minimum atomic E-state index is -1.55. The van der Waals surface area contributed by atoms with Crippen LogP contribution >= 0.6 is 11.8 Å². The molecule has 228 valence electrons. The fraction of sp³-hybridized carbons (Fsp3) is 0.382. The molecular weight excluding hydrogens is 562 g/mol. The number of nitrogens with zero attached hydrogens (tertiary/aromatic N) is 1. The second-order valence-electron chi connectivity index (χ2n) is 11.2. The summed E-state index contributed by atoms with van der Waals surface area (Å²) in [5, 5.41) is 17.1. The molecule has 1 saturated heterocycles. The van der Waals surface area contributed by atoms with Gasteiger partial charge in [-0.15, -0.1) is 11.8 Å². The van der Waals surface area contributed by atoms with Crippen molar-refractivity contribution in [1.29, 1.82) is 0 Å². The van der Waals surface area contributed by atoms with Gasteiger partial charge >= 0.3 is 0 Å². The van der Waals surface area contributed by atoms with Crippen molar-refractivity contribution < 1.29 is 24.2 Å². The van der Waals surface area contributed by atoms with E-state index >= 15 is 0 Å². The maximum absolute atomic E-state index is 13.6. The highest BCUT2D eigenvalue weighted by Crippen LogP contribution is 2.25. The highest BCUT2D eigenvalue weighted by molar-refractivity contribution is 7.99. The van der Waals surface area contributed by atoms with Crippen LogP contribution in [-0.2, 0) is 27.3 Å². The molecule has 0 unspecified atom stereocenters. The summed E-state index contributed by atoms with van der Waals surface area (Å²) in [5.74, 6) is 0.359. The first-order chi connectivity index (χ1) is 20.6. The summed E-state index contributed by atoms with van der Waals surface area (Å²) < 4.78 is 5.80. The third kappa shape index (κ3) is 8.61. The standard InChI is InChI=1S/C34H41N3O5S/c1-22(2)26-14-15-30(24(4)16-26)42-19-31(38)36-28(17-25-11-6-5-7-12-25)32(39)34(41)37-21-43-20-29(37)33(40)35-18-27-13-9-8-10-23(27)3/h5-16,22,28-29,32,39H,17-21H2,1-4H3,(H,35,40)(H,36,38)/t28-,29-,32-/m0/s1. The summed E-state index contributed by atoms with van der Waals surface area (Å²) in [7, 11) is 0. The van der Waals surface area contributed by atoms with Gasteiger partial charge in [0.1, 0.15) is 11.8 Å². The first-order valence-electron chi connectivity index (χ1n) is 14.6. The molecule has 1 heterocycles. The Balaban J connectivity index is 1.42. The van der Waals surface area contributed by atoms with E-state index < -0.39 is 30.0 Å². The Morgan fingerprint density at radius 2 is 1.72 bits per heavy atom. The molecule has 0 bridgehead atoms. The quantitative estimate of drug-likeness (QED) is 0.288. The van der Waals surface area contributed by atoms with Gasteiger partial charge in [0.2, 0.25) is 5.91 Å². The van der Waals surface area contributed by atoms with Crippen LogP contribution in [0.5, 0.6) is 5.75 Å². The molecule has 8 nitrogen and oxygen atoms in total. The molecule has 3 N–H and O–H groups in total. The Kier molecular flexibility index (Phi) is 11.3. The third-order valence-corrected chi connectivity index (χ3v) is 8.70. The summed E-state index contributed by atoms with van der Waals surface area (Å²) in [4.78, 5) is 41.2. The highest BCUT2D eigenvalue weighted by atomic mass is 32.2. The third-order valence-electron chi connectivity index (χ3n) is 7.69. The predicted molar refractivity (Wildman–Crippen MR) is 170 cm³/mol. The normalized spacial score (nSPS) is 16.0. The van der Waals surface area contributed by atoms with E-state index in [2.05, 4.69) is 24.5 Å². The van der Waals surface area contributed by atoms with E-state index in [0.29, 0.717) is 24.0 Å². The lowest BCUT2D eigenvalue weighted by Crippen LogP contribution is -2.56. The lowest BCUT2D eigenvalue weighted by molar-refractivity contribution is -0.146. The number of amides is 3. The van der Waals surface area contributed by atoms with Gasteiger partial charge in [-0.3, -0.25) is 14.4 Å². The molecule has 3 aromatic carbocycles. The number of hydrogen-bond donors (Lipinski definition) is 3. The van der Waals surface area contributed by atoms with Gasteiger partial charge in [0, 0.05) is 12.3 Å². The van der Waals surface area contributed by atoms with E-state index in [1.807, 2.05) is 86.6 Å². The van der Waals surface area contributed by atoms with E-state index in [9.17, 15) is 19.5 Å². The number of hydrogen-bond acceptors (Lipinski definition) is 6. The molecule has 0 saturated carbocycles. The van der Waals surface area contributed by atoms with Crippen LogP contribution in [0.3, 0.4) is 0 Å². The highest BCUT2D eigenvalue weighted by Gasteiger charge is 2.40. The Labute approximate surface area is 258 Å². The number of carbonyl (C=O) groups is 3. The van der Waals surface area contributed by atoms with Crippen LogP contribution in [0.15, 0.2) is 72.8 Å². The van der Waals surface area contributed by atoms with Crippen LogP contribution in [0, 0.1) is 13.8 Å². The average Bonchev–Trinajstić information content (AvgIpc) is 3.49. The lowest BCUT2D eigenvalue weighted by atomic mass is 9.99. The number of carbonyl (C=O) groups excluding carboxylic acids is 3. The number of ether oxygens (including phenoxy) is 1. The van der Waals surface area contributed by atoms with Crippen molar-refractivity contribution in [2.24, 2.45) is 0 Å². The second kappa shape index (κ2) is 15.1. The van der Waals surface area contributed by atoms with Crippen LogP contribution in [0.2, 0.25) is 0 Å². The molecule has 43 heavy (non-hydrogen) atoms. The smallest absolute Gasteiger partial charge is 0.258 e. The molecule has 0 aromatic heterocycles.